The highest BCUT2D eigenvalue weighted by Gasteiger charge is 2.39. The van der Waals surface area contributed by atoms with Gasteiger partial charge in [0.15, 0.2) is 17.3 Å². The molecule has 0 spiro atoms. The summed E-state index contributed by atoms with van der Waals surface area (Å²) in [7, 11) is 0. The van der Waals surface area contributed by atoms with Gasteiger partial charge in [-0.3, -0.25) is 10.2 Å². The molecule has 0 amide bonds. The Morgan fingerprint density at radius 3 is 2.79 bits per heavy atom. The van der Waals surface area contributed by atoms with Gasteiger partial charge < -0.3 is 9.84 Å². The van der Waals surface area contributed by atoms with Gasteiger partial charge in [-0.1, -0.05) is 24.8 Å². The fraction of sp³-hybridized carbons (Fsp3) is 0.300. The summed E-state index contributed by atoms with van der Waals surface area (Å²) in [6, 6.07) is 3.50. The lowest BCUT2D eigenvalue weighted by atomic mass is 10.0. The van der Waals surface area contributed by atoms with Crippen LogP contribution in [-0.4, -0.2) is 32.7 Å². The number of nitrogens with zero attached hydrogens (tertiary/aromatic N) is 2. The number of ketones is 1. The minimum atomic E-state index is -0.676. The van der Waals surface area contributed by atoms with E-state index < -0.39 is 5.92 Å². The zero-order valence-corrected chi connectivity index (χ0v) is 17.3. The zero-order valence-electron chi connectivity index (χ0n) is 15.7. The van der Waals surface area contributed by atoms with E-state index in [0.29, 0.717) is 34.3 Å². The summed E-state index contributed by atoms with van der Waals surface area (Å²) in [6.07, 6.45) is 4.66. The number of nitrogens with one attached hydrogen (secondary N) is 1. The number of allylic oxidation sites excluding steroid dienone is 2. The van der Waals surface area contributed by atoms with Crippen LogP contribution >= 0.6 is 23.1 Å². The first-order chi connectivity index (χ1) is 13.5. The van der Waals surface area contributed by atoms with E-state index in [4.69, 9.17) is 10.1 Å². The molecule has 2 heterocycles. The van der Waals surface area contributed by atoms with Crippen LogP contribution in [0.3, 0.4) is 0 Å². The summed E-state index contributed by atoms with van der Waals surface area (Å²) in [5.41, 5.74) is 1.40. The summed E-state index contributed by atoms with van der Waals surface area (Å²) in [5.74, 6) is -0.372. The molecule has 146 valence electrons. The zero-order chi connectivity index (χ0) is 20.3. The largest absolute Gasteiger partial charge is 0.504 e. The van der Waals surface area contributed by atoms with Gasteiger partial charge in [-0.2, -0.15) is 0 Å². The molecule has 28 heavy (non-hydrogen) atoms. The van der Waals surface area contributed by atoms with E-state index in [9.17, 15) is 9.90 Å². The third-order valence-corrected chi connectivity index (χ3v) is 6.28. The Bertz CT molecular complexity index is 966. The first-order valence-electron chi connectivity index (χ1n) is 8.92. The number of Topliss-reactive ketones (excluding diaryl/α,β-unsaturated/α-hetero) is 1. The van der Waals surface area contributed by atoms with Crippen molar-refractivity contribution in [1.82, 2.24) is 10.2 Å². The van der Waals surface area contributed by atoms with E-state index >= 15 is 0 Å². The average molecular weight is 416 g/mol. The maximum absolute atomic E-state index is 12.9. The van der Waals surface area contributed by atoms with Crippen molar-refractivity contribution in [2.75, 3.05) is 6.61 Å². The minimum Gasteiger partial charge on any atom is -0.504 e. The third-order valence-electron chi connectivity index (χ3n) is 4.16. The molecule has 1 unspecified atom stereocenters. The second-order valence-corrected chi connectivity index (χ2v) is 8.29. The van der Waals surface area contributed by atoms with Crippen LogP contribution in [0.4, 0.5) is 0 Å². The van der Waals surface area contributed by atoms with Crippen LogP contribution in [0.2, 0.25) is 0 Å². The van der Waals surface area contributed by atoms with E-state index in [2.05, 4.69) is 16.8 Å². The van der Waals surface area contributed by atoms with Crippen molar-refractivity contribution in [3.8, 4) is 11.5 Å². The maximum atomic E-state index is 12.9. The van der Waals surface area contributed by atoms with Crippen LogP contribution in [0.1, 0.15) is 40.9 Å². The molecule has 3 rings (SSSR count). The topological polar surface area (TPSA) is 96.2 Å². The smallest absolute Gasteiger partial charge is 0.186 e. The van der Waals surface area contributed by atoms with Crippen LogP contribution in [0.5, 0.6) is 11.5 Å². The third kappa shape index (κ3) is 4.02. The number of rotatable bonds is 7. The van der Waals surface area contributed by atoms with Gasteiger partial charge in [0.2, 0.25) is 0 Å². The molecule has 0 aliphatic carbocycles. The minimum absolute atomic E-state index is 0.0841. The first kappa shape index (κ1) is 20.3. The Hall–Kier alpha value is -2.45. The van der Waals surface area contributed by atoms with Crippen molar-refractivity contribution < 1.29 is 14.6 Å². The van der Waals surface area contributed by atoms with Gasteiger partial charge in [0, 0.05) is 5.56 Å². The number of carbonyl (C=O) groups excluding carboxylic acids is 1. The van der Waals surface area contributed by atoms with Gasteiger partial charge in [0.05, 0.1) is 16.6 Å². The summed E-state index contributed by atoms with van der Waals surface area (Å²) in [5, 5.41) is 28.4. The van der Waals surface area contributed by atoms with Gasteiger partial charge >= 0.3 is 0 Å². The number of phenolic OH excluding ortho intramolecular Hbond substituents is 1. The van der Waals surface area contributed by atoms with Crippen molar-refractivity contribution in [1.29, 1.82) is 5.41 Å². The number of benzene rings is 1. The number of phenols is 1. The van der Waals surface area contributed by atoms with E-state index in [1.165, 1.54) is 11.3 Å². The van der Waals surface area contributed by atoms with E-state index in [0.717, 1.165) is 28.8 Å². The molecule has 2 N–H and O–H groups in total. The molecule has 1 aliphatic rings. The summed E-state index contributed by atoms with van der Waals surface area (Å²) >= 11 is 2.52. The molecule has 8 heteroatoms. The molecule has 2 aromatic rings. The van der Waals surface area contributed by atoms with Crippen LogP contribution < -0.4 is 4.74 Å². The van der Waals surface area contributed by atoms with Gasteiger partial charge in [0.1, 0.15) is 15.9 Å². The molecule has 0 radical (unpaired) electrons. The van der Waals surface area contributed by atoms with Crippen LogP contribution in [0, 0.1) is 5.41 Å². The van der Waals surface area contributed by atoms with Crippen molar-refractivity contribution in [3.63, 3.8) is 0 Å². The number of ether oxygens (including phenoxy) is 1. The summed E-state index contributed by atoms with van der Waals surface area (Å²) in [4.78, 5) is 13.4. The predicted molar refractivity (Wildman–Crippen MR) is 114 cm³/mol. The molecule has 1 aliphatic heterocycles. The van der Waals surface area contributed by atoms with Crippen molar-refractivity contribution in [2.24, 2.45) is 0 Å². The fourth-order valence-corrected chi connectivity index (χ4v) is 4.79. The second kappa shape index (κ2) is 8.70. The summed E-state index contributed by atoms with van der Waals surface area (Å²) < 4.78 is 5.52. The highest BCUT2D eigenvalue weighted by Crippen LogP contribution is 2.42. The second-order valence-electron chi connectivity index (χ2n) is 6.11. The number of aromatic nitrogens is 2. The maximum Gasteiger partial charge on any atom is 0.186 e. The Labute approximate surface area is 171 Å². The molecule has 1 fully saturated rings. The number of thioether (sulfide) groups is 1. The standard InChI is InChI=1S/C20H21N3O3S2/c1-4-7-12-8-11(9-13(17(12)24)26-6-3)10-14-18(25)16(19(21)27-14)20-23-22-15(5-2)28-20/h4,8-10,16,21,24H,1,5-7H2,2-3H3. The number of hydrogen-bond donors (Lipinski definition) is 2. The molecule has 6 nitrogen and oxygen atoms in total. The number of hydrogen-bond acceptors (Lipinski definition) is 8. The van der Waals surface area contributed by atoms with Crippen molar-refractivity contribution in [3.05, 3.63) is 50.8 Å². The first-order valence-corrected chi connectivity index (χ1v) is 10.6. The Balaban J connectivity index is 1.96. The van der Waals surface area contributed by atoms with Crippen LogP contribution in [-0.2, 0) is 17.6 Å². The fourth-order valence-electron chi connectivity index (χ4n) is 2.84. The molecule has 1 aromatic carbocycles. The Morgan fingerprint density at radius 2 is 2.14 bits per heavy atom. The predicted octanol–water partition coefficient (Wildman–Crippen LogP) is 4.35. The Morgan fingerprint density at radius 1 is 1.36 bits per heavy atom. The average Bonchev–Trinajstić information content (AvgIpc) is 3.23. The van der Waals surface area contributed by atoms with Gasteiger partial charge in [-0.25, -0.2) is 0 Å². The van der Waals surface area contributed by atoms with Crippen molar-refractivity contribution in [2.45, 2.75) is 32.6 Å². The van der Waals surface area contributed by atoms with Gasteiger partial charge in [-0.15, -0.1) is 28.1 Å². The number of aromatic hydroxyl groups is 1. The van der Waals surface area contributed by atoms with E-state index in [1.54, 1.807) is 24.3 Å². The van der Waals surface area contributed by atoms with Crippen molar-refractivity contribution >= 4 is 40.0 Å². The molecule has 1 atom stereocenters. The number of aryl methyl sites for hydroxylation is 1. The molecule has 0 bridgehead atoms. The highest BCUT2D eigenvalue weighted by atomic mass is 32.2. The Kier molecular flexibility index (Phi) is 6.31. The quantitative estimate of drug-likeness (QED) is 0.515. The lowest BCUT2D eigenvalue weighted by Gasteiger charge is -2.11. The van der Waals surface area contributed by atoms with Crippen LogP contribution in [0.25, 0.3) is 6.08 Å². The van der Waals surface area contributed by atoms with E-state index in [1.807, 2.05) is 13.8 Å². The highest BCUT2D eigenvalue weighted by molar-refractivity contribution is 8.19. The molecule has 1 saturated heterocycles. The lowest BCUT2D eigenvalue weighted by Crippen LogP contribution is -2.11. The lowest BCUT2D eigenvalue weighted by molar-refractivity contribution is -0.114. The van der Waals surface area contributed by atoms with E-state index in [-0.39, 0.29) is 16.6 Å². The van der Waals surface area contributed by atoms with Gasteiger partial charge in [0.25, 0.3) is 0 Å². The molecule has 0 saturated carbocycles. The molecule has 1 aromatic heterocycles. The van der Waals surface area contributed by atoms with Gasteiger partial charge in [-0.05, 0) is 43.5 Å². The summed E-state index contributed by atoms with van der Waals surface area (Å²) in [6.45, 7) is 7.95. The SMILES string of the molecule is C=CCc1cc(C=C2SC(=N)C(c3nnc(CC)s3)C2=O)cc(OCC)c1O. The monoisotopic (exact) mass is 415 g/mol. The number of carbonyl (C=O) groups is 1. The van der Waals surface area contributed by atoms with Crippen LogP contribution in [0.15, 0.2) is 29.7 Å². The normalized spacial score (nSPS) is 18.1. The molecular formula is C20H21N3O3S2. The molecular weight excluding hydrogens is 394 g/mol.